The molecular weight excluding hydrogens is 320 g/mol. The number of nitrogens with zero attached hydrogens (tertiary/aromatic N) is 1. The van der Waals surface area contributed by atoms with Gasteiger partial charge in [-0.1, -0.05) is 36.4 Å². The fraction of sp³-hybridized carbons (Fsp3) is 0.421. The first-order valence-corrected chi connectivity index (χ1v) is 9.38. The Morgan fingerprint density at radius 3 is 2.62 bits per heavy atom. The van der Waals surface area contributed by atoms with Gasteiger partial charge in [-0.3, -0.25) is 4.79 Å². The lowest BCUT2D eigenvalue weighted by molar-refractivity contribution is -0.122. The number of carbonyl (C=O) groups is 1. The second kappa shape index (κ2) is 8.42. The van der Waals surface area contributed by atoms with E-state index in [1.54, 1.807) is 11.3 Å². The average molecular weight is 344 g/mol. The van der Waals surface area contributed by atoms with Gasteiger partial charge in [0.25, 0.3) is 0 Å². The highest BCUT2D eigenvalue weighted by Crippen LogP contribution is 2.26. The summed E-state index contributed by atoms with van der Waals surface area (Å²) in [6.45, 7) is 2.51. The number of benzene rings is 1. The lowest BCUT2D eigenvalue weighted by atomic mass is 10.0. The fourth-order valence-corrected chi connectivity index (χ4v) is 3.86. The van der Waals surface area contributed by atoms with Gasteiger partial charge < -0.3 is 15.3 Å². The molecule has 2 heterocycles. The standard InChI is InChI=1S/C19H24N2O2S/c22-16-8-11-21(12-9-16)13-10-18(23)20-19(17-7-4-14-24-17)15-5-2-1-3-6-15/h1-7,14,16,19,22H,8-13H2,(H,20,23). The number of thiophene rings is 1. The van der Waals surface area contributed by atoms with Crippen LogP contribution < -0.4 is 5.32 Å². The van der Waals surface area contributed by atoms with Crippen molar-refractivity contribution < 1.29 is 9.90 Å². The molecule has 4 nitrogen and oxygen atoms in total. The minimum Gasteiger partial charge on any atom is -0.393 e. The maximum absolute atomic E-state index is 12.4. The molecule has 2 aromatic rings. The zero-order valence-corrected chi connectivity index (χ0v) is 14.5. The molecular formula is C19H24N2O2S. The number of rotatable bonds is 6. The molecule has 1 unspecified atom stereocenters. The van der Waals surface area contributed by atoms with Crippen molar-refractivity contribution in [1.82, 2.24) is 10.2 Å². The van der Waals surface area contributed by atoms with E-state index in [2.05, 4.69) is 28.4 Å². The number of hydrogen-bond acceptors (Lipinski definition) is 4. The second-order valence-corrected chi connectivity index (χ2v) is 7.23. The predicted molar refractivity (Wildman–Crippen MR) is 97.0 cm³/mol. The number of carbonyl (C=O) groups excluding carboxylic acids is 1. The highest BCUT2D eigenvalue weighted by atomic mass is 32.1. The zero-order chi connectivity index (χ0) is 16.8. The topological polar surface area (TPSA) is 52.6 Å². The van der Waals surface area contributed by atoms with Crippen molar-refractivity contribution >= 4 is 17.2 Å². The summed E-state index contributed by atoms with van der Waals surface area (Å²) in [5.74, 6) is 0.0726. The molecule has 1 amide bonds. The molecule has 0 bridgehead atoms. The predicted octanol–water partition coefficient (Wildman–Crippen LogP) is 2.80. The normalized spacial score (nSPS) is 17.5. The van der Waals surface area contributed by atoms with Crippen molar-refractivity contribution in [2.75, 3.05) is 19.6 Å². The molecule has 0 radical (unpaired) electrons. The van der Waals surface area contributed by atoms with Crippen molar-refractivity contribution in [3.05, 3.63) is 58.3 Å². The van der Waals surface area contributed by atoms with Crippen molar-refractivity contribution in [2.24, 2.45) is 0 Å². The summed E-state index contributed by atoms with van der Waals surface area (Å²) in [6.07, 6.45) is 1.94. The molecule has 1 atom stereocenters. The first-order chi connectivity index (χ1) is 11.7. The fourth-order valence-electron chi connectivity index (χ4n) is 3.06. The minimum atomic E-state index is -0.170. The summed E-state index contributed by atoms with van der Waals surface area (Å²) in [5, 5.41) is 14.8. The van der Waals surface area contributed by atoms with Crippen LogP contribution in [0.15, 0.2) is 47.8 Å². The van der Waals surface area contributed by atoms with Crippen LogP contribution in [0.25, 0.3) is 0 Å². The highest BCUT2D eigenvalue weighted by molar-refractivity contribution is 7.10. The van der Waals surface area contributed by atoms with Crippen LogP contribution in [0.2, 0.25) is 0 Å². The van der Waals surface area contributed by atoms with E-state index in [0.29, 0.717) is 6.42 Å². The summed E-state index contributed by atoms with van der Waals surface area (Å²) >= 11 is 1.66. The van der Waals surface area contributed by atoms with Gasteiger partial charge in [0.2, 0.25) is 5.91 Å². The van der Waals surface area contributed by atoms with Gasteiger partial charge in [0.1, 0.15) is 0 Å². The molecule has 1 aromatic carbocycles. The molecule has 2 N–H and O–H groups in total. The lowest BCUT2D eigenvalue weighted by Gasteiger charge is -2.29. The van der Waals surface area contributed by atoms with Crippen LogP contribution in [-0.4, -0.2) is 41.7 Å². The Hall–Kier alpha value is -1.69. The SMILES string of the molecule is O=C(CCN1CCC(O)CC1)NC(c1ccccc1)c1cccs1. The molecule has 1 saturated heterocycles. The molecule has 5 heteroatoms. The van der Waals surface area contributed by atoms with Crippen molar-refractivity contribution in [3.63, 3.8) is 0 Å². The summed E-state index contributed by atoms with van der Waals surface area (Å²) in [5.41, 5.74) is 1.11. The number of piperidine rings is 1. The molecule has 1 aromatic heterocycles. The van der Waals surface area contributed by atoms with E-state index in [1.165, 1.54) is 0 Å². The first-order valence-electron chi connectivity index (χ1n) is 8.50. The van der Waals surface area contributed by atoms with Crippen LogP contribution in [0.4, 0.5) is 0 Å². The van der Waals surface area contributed by atoms with Gasteiger partial charge in [-0.2, -0.15) is 0 Å². The molecule has 3 rings (SSSR count). The van der Waals surface area contributed by atoms with Crippen molar-refractivity contribution in [2.45, 2.75) is 31.4 Å². The molecule has 0 aliphatic carbocycles. The Morgan fingerprint density at radius 2 is 1.96 bits per heavy atom. The quantitative estimate of drug-likeness (QED) is 0.847. The van der Waals surface area contributed by atoms with Crippen LogP contribution in [-0.2, 0) is 4.79 Å². The maximum atomic E-state index is 12.4. The smallest absolute Gasteiger partial charge is 0.222 e. The van der Waals surface area contributed by atoms with Crippen molar-refractivity contribution in [1.29, 1.82) is 0 Å². The van der Waals surface area contributed by atoms with Crippen LogP contribution in [0.3, 0.4) is 0 Å². The number of aliphatic hydroxyl groups is 1. The third-order valence-corrected chi connectivity index (χ3v) is 5.42. The van der Waals surface area contributed by atoms with Gasteiger partial charge in [-0.25, -0.2) is 0 Å². The Bertz CT molecular complexity index is 622. The third-order valence-electron chi connectivity index (χ3n) is 4.48. The van der Waals surface area contributed by atoms with E-state index in [0.717, 1.165) is 42.9 Å². The second-order valence-electron chi connectivity index (χ2n) is 6.25. The van der Waals surface area contributed by atoms with E-state index in [9.17, 15) is 9.90 Å². The zero-order valence-electron chi connectivity index (χ0n) is 13.7. The van der Waals surface area contributed by atoms with Crippen LogP contribution in [0.5, 0.6) is 0 Å². The molecule has 1 aliphatic heterocycles. The van der Waals surface area contributed by atoms with Gasteiger partial charge in [-0.15, -0.1) is 11.3 Å². The number of likely N-dealkylation sites (tertiary alicyclic amines) is 1. The van der Waals surface area contributed by atoms with Crippen LogP contribution >= 0.6 is 11.3 Å². The van der Waals surface area contributed by atoms with Crippen LogP contribution in [0, 0.1) is 0 Å². The van der Waals surface area contributed by atoms with Gasteiger partial charge in [0.05, 0.1) is 12.1 Å². The molecule has 0 saturated carbocycles. The Kier molecular flexibility index (Phi) is 6.01. The van der Waals surface area contributed by atoms with E-state index in [4.69, 9.17) is 0 Å². The van der Waals surface area contributed by atoms with E-state index in [-0.39, 0.29) is 18.1 Å². The first kappa shape index (κ1) is 17.1. The third kappa shape index (κ3) is 4.66. The Labute approximate surface area is 147 Å². The molecule has 128 valence electrons. The summed E-state index contributed by atoms with van der Waals surface area (Å²) in [6, 6.07) is 14.1. The lowest BCUT2D eigenvalue weighted by Crippen LogP contribution is -2.38. The minimum absolute atomic E-state index is 0.0726. The van der Waals surface area contributed by atoms with Crippen LogP contribution in [0.1, 0.15) is 35.7 Å². The van der Waals surface area contributed by atoms with Gasteiger partial charge in [-0.05, 0) is 29.9 Å². The highest BCUT2D eigenvalue weighted by Gasteiger charge is 2.20. The summed E-state index contributed by atoms with van der Waals surface area (Å²) in [4.78, 5) is 15.9. The monoisotopic (exact) mass is 344 g/mol. The molecule has 1 aliphatic rings. The Balaban J connectivity index is 1.58. The Morgan fingerprint density at radius 1 is 1.21 bits per heavy atom. The number of aliphatic hydroxyl groups excluding tert-OH is 1. The van der Waals surface area contributed by atoms with Gasteiger partial charge >= 0.3 is 0 Å². The number of hydrogen-bond donors (Lipinski definition) is 2. The average Bonchev–Trinajstić information content (AvgIpc) is 3.14. The van der Waals surface area contributed by atoms with Crippen molar-refractivity contribution in [3.8, 4) is 0 Å². The molecule has 1 fully saturated rings. The van der Waals surface area contributed by atoms with E-state index in [1.807, 2.05) is 29.6 Å². The number of nitrogens with one attached hydrogen (secondary N) is 1. The van der Waals surface area contributed by atoms with Gasteiger partial charge in [0, 0.05) is 30.9 Å². The summed E-state index contributed by atoms with van der Waals surface area (Å²) in [7, 11) is 0. The maximum Gasteiger partial charge on any atom is 0.222 e. The van der Waals surface area contributed by atoms with E-state index >= 15 is 0 Å². The molecule has 0 spiro atoms. The van der Waals surface area contributed by atoms with E-state index < -0.39 is 0 Å². The number of amides is 1. The largest absolute Gasteiger partial charge is 0.393 e. The summed E-state index contributed by atoms with van der Waals surface area (Å²) < 4.78 is 0. The van der Waals surface area contributed by atoms with Gasteiger partial charge in [0.15, 0.2) is 0 Å². The molecule has 24 heavy (non-hydrogen) atoms.